The van der Waals surface area contributed by atoms with E-state index in [1.54, 1.807) is 14.2 Å². The Morgan fingerprint density at radius 2 is 1.86 bits per heavy atom. The smallest absolute Gasteiger partial charge is 0.195 e. The van der Waals surface area contributed by atoms with E-state index in [1.807, 2.05) is 18.2 Å². The number of rotatable bonds is 7. The highest BCUT2D eigenvalue weighted by Crippen LogP contribution is 2.29. The van der Waals surface area contributed by atoms with E-state index in [1.165, 1.54) is 5.69 Å². The molecule has 0 amide bonds. The third kappa shape index (κ3) is 6.42. The molecule has 158 valence electrons. The second kappa shape index (κ2) is 11.7. The molecule has 1 atom stereocenters. The van der Waals surface area contributed by atoms with E-state index >= 15 is 0 Å². The largest absolute Gasteiger partial charge is 0.493 e. The lowest BCUT2D eigenvalue weighted by molar-refractivity contribution is 0.355. The van der Waals surface area contributed by atoms with Gasteiger partial charge in [0.1, 0.15) is 0 Å². The van der Waals surface area contributed by atoms with Crippen molar-refractivity contribution in [2.45, 2.75) is 13.3 Å². The van der Waals surface area contributed by atoms with Crippen molar-refractivity contribution in [3.05, 3.63) is 48.5 Å². The monoisotopic (exact) mass is 510 g/mol. The molecule has 1 aliphatic rings. The Balaban J connectivity index is 0.00000300. The Morgan fingerprint density at radius 1 is 1.10 bits per heavy atom. The van der Waals surface area contributed by atoms with E-state index in [0.29, 0.717) is 17.4 Å². The lowest BCUT2D eigenvalue weighted by atomic mass is 10.1. The summed E-state index contributed by atoms with van der Waals surface area (Å²) in [5, 5.41) is 6.68. The summed E-state index contributed by atoms with van der Waals surface area (Å²) in [6.45, 7) is 5.80. The van der Waals surface area contributed by atoms with E-state index < -0.39 is 0 Å². The predicted octanol–water partition coefficient (Wildman–Crippen LogP) is 4.23. The number of methoxy groups -OCH3 is 2. The summed E-state index contributed by atoms with van der Waals surface area (Å²) in [6.07, 6.45) is 1.16. The first kappa shape index (κ1) is 23.1. The van der Waals surface area contributed by atoms with E-state index in [2.05, 4.69) is 52.8 Å². The molecule has 1 unspecified atom stereocenters. The Bertz CT molecular complexity index is 786. The van der Waals surface area contributed by atoms with E-state index in [-0.39, 0.29) is 24.0 Å². The fraction of sp³-hybridized carbons (Fsp3) is 0.409. The highest BCUT2D eigenvalue weighted by molar-refractivity contribution is 14.0. The first-order valence-corrected chi connectivity index (χ1v) is 9.80. The third-order valence-electron chi connectivity index (χ3n) is 4.91. The van der Waals surface area contributed by atoms with Crippen LogP contribution >= 0.6 is 24.0 Å². The van der Waals surface area contributed by atoms with Gasteiger partial charge in [0.15, 0.2) is 17.5 Å². The molecule has 0 radical (unpaired) electrons. The first-order valence-electron chi connectivity index (χ1n) is 9.80. The van der Waals surface area contributed by atoms with Gasteiger partial charge in [0.05, 0.1) is 14.2 Å². The van der Waals surface area contributed by atoms with Crippen molar-refractivity contribution < 1.29 is 9.47 Å². The zero-order valence-corrected chi connectivity index (χ0v) is 19.7. The van der Waals surface area contributed by atoms with Gasteiger partial charge in [-0.15, -0.1) is 24.0 Å². The van der Waals surface area contributed by atoms with Crippen LogP contribution in [0.25, 0.3) is 0 Å². The molecule has 1 fully saturated rings. The van der Waals surface area contributed by atoms with Crippen LogP contribution in [-0.4, -0.2) is 46.4 Å². The number of anilines is 2. The van der Waals surface area contributed by atoms with Gasteiger partial charge in [0.25, 0.3) is 0 Å². The number of aliphatic imine (C=N–C) groups is 1. The summed E-state index contributed by atoms with van der Waals surface area (Å²) in [4.78, 5) is 7.25. The minimum atomic E-state index is 0. The maximum absolute atomic E-state index is 5.38. The molecule has 6 nitrogen and oxygen atoms in total. The summed E-state index contributed by atoms with van der Waals surface area (Å²) >= 11 is 0. The van der Waals surface area contributed by atoms with E-state index in [4.69, 9.17) is 14.5 Å². The van der Waals surface area contributed by atoms with Crippen molar-refractivity contribution in [3.63, 3.8) is 0 Å². The molecular formula is C22H31IN4O2. The highest BCUT2D eigenvalue weighted by atomic mass is 127. The molecule has 0 aliphatic carbocycles. The Kier molecular flexibility index (Phi) is 9.37. The maximum atomic E-state index is 5.38. The van der Waals surface area contributed by atoms with Gasteiger partial charge >= 0.3 is 0 Å². The molecule has 0 saturated carbocycles. The lowest BCUT2D eigenvalue weighted by Crippen LogP contribution is -2.31. The summed E-state index contributed by atoms with van der Waals surface area (Å²) in [6, 6.07) is 16.4. The average molecular weight is 510 g/mol. The van der Waals surface area contributed by atoms with Crippen LogP contribution in [0.2, 0.25) is 0 Å². The van der Waals surface area contributed by atoms with Crippen LogP contribution in [0.3, 0.4) is 0 Å². The summed E-state index contributed by atoms with van der Waals surface area (Å²) in [5.74, 6) is 2.74. The van der Waals surface area contributed by atoms with Crippen molar-refractivity contribution in [3.8, 4) is 11.5 Å². The van der Waals surface area contributed by atoms with Crippen molar-refractivity contribution >= 4 is 41.3 Å². The minimum absolute atomic E-state index is 0. The van der Waals surface area contributed by atoms with E-state index in [0.717, 1.165) is 44.2 Å². The van der Waals surface area contributed by atoms with Gasteiger partial charge in [-0.25, -0.2) is 0 Å². The fourth-order valence-corrected chi connectivity index (χ4v) is 3.43. The second-order valence-electron chi connectivity index (χ2n) is 6.85. The van der Waals surface area contributed by atoms with Gasteiger partial charge in [-0.05, 0) is 43.5 Å². The van der Waals surface area contributed by atoms with Crippen molar-refractivity contribution in [1.82, 2.24) is 5.32 Å². The van der Waals surface area contributed by atoms with Gasteiger partial charge in [0.2, 0.25) is 0 Å². The van der Waals surface area contributed by atoms with Crippen LogP contribution in [0.1, 0.15) is 13.3 Å². The Morgan fingerprint density at radius 3 is 2.55 bits per heavy atom. The normalized spacial score (nSPS) is 16.2. The summed E-state index contributed by atoms with van der Waals surface area (Å²) in [5.41, 5.74) is 2.21. The predicted molar refractivity (Wildman–Crippen MR) is 131 cm³/mol. The molecule has 7 heteroatoms. The van der Waals surface area contributed by atoms with Crippen LogP contribution in [0.5, 0.6) is 11.5 Å². The number of nitrogens with zero attached hydrogens (tertiary/aromatic N) is 2. The van der Waals surface area contributed by atoms with Crippen LogP contribution in [0.15, 0.2) is 53.5 Å². The second-order valence-corrected chi connectivity index (χ2v) is 6.85. The molecule has 1 heterocycles. The molecule has 29 heavy (non-hydrogen) atoms. The number of hydrogen-bond acceptors (Lipinski definition) is 4. The van der Waals surface area contributed by atoms with Gasteiger partial charge in [0, 0.05) is 43.6 Å². The molecule has 0 spiro atoms. The SMILES string of the molecule is CCNC(=NCC1CCN(c2ccccc2)C1)Nc1ccc(OC)c(OC)c1.I. The number of guanidine groups is 1. The molecular weight excluding hydrogens is 479 g/mol. The molecule has 0 aromatic heterocycles. The van der Waals surface area contributed by atoms with Crippen LogP contribution in [0.4, 0.5) is 11.4 Å². The minimum Gasteiger partial charge on any atom is -0.493 e. The van der Waals surface area contributed by atoms with Crippen molar-refractivity contribution in [2.75, 3.05) is 50.6 Å². The zero-order valence-electron chi connectivity index (χ0n) is 17.4. The fourth-order valence-electron chi connectivity index (χ4n) is 3.43. The number of nitrogens with one attached hydrogen (secondary N) is 2. The molecule has 1 saturated heterocycles. The first-order chi connectivity index (χ1) is 13.7. The average Bonchev–Trinajstić information content (AvgIpc) is 3.22. The Labute approximate surface area is 190 Å². The molecule has 2 N–H and O–H groups in total. The van der Waals surface area contributed by atoms with Crippen molar-refractivity contribution in [1.29, 1.82) is 0 Å². The molecule has 3 rings (SSSR count). The Hall–Kier alpha value is -2.16. The van der Waals surface area contributed by atoms with Crippen LogP contribution in [0, 0.1) is 5.92 Å². The number of benzene rings is 2. The standard InChI is InChI=1S/C22H30N4O2.HI/c1-4-23-22(25-18-10-11-20(27-2)21(14-18)28-3)24-15-17-12-13-26(16-17)19-8-6-5-7-9-19;/h5-11,14,17H,4,12-13,15-16H2,1-3H3,(H2,23,24,25);1H. The van der Waals surface area contributed by atoms with E-state index in [9.17, 15) is 0 Å². The van der Waals surface area contributed by atoms with Crippen molar-refractivity contribution in [2.24, 2.45) is 10.9 Å². The molecule has 1 aliphatic heterocycles. The maximum Gasteiger partial charge on any atom is 0.195 e. The van der Waals surface area contributed by atoms with Gasteiger partial charge in [-0.3, -0.25) is 4.99 Å². The lowest BCUT2D eigenvalue weighted by Gasteiger charge is -2.18. The van der Waals surface area contributed by atoms with Gasteiger partial charge < -0.3 is 25.0 Å². The topological polar surface area (TPSA) is 58.1 Å². The van der Waals surface area contributed by atoms with Gasteiger partial charge in [-0.2, -0.15) is 0 Å². The quantitative estimate of drug-likeness (QED) is 0.332. The number of hydrogen-bond donors (Lipinski definition) is 2. The van der Waals surface area contributed by atoms with Gasteiger partial charge in [-0.1, -0.05) is 18.2 Å². The summed E-state index contributed by atoms with van der Waals surface area (Å²) < 4.78 is 10.7. The number of para-hydroxylation sites is 1. The molecule has 2 aromatic carbocycles. The van der Waals surface area contributed by atoms with Crippen LogP contribution < -0.4 is 25.0 Å². The third-order valence-corrected chi connectivity index (χ3v) is 4.91. The highest BCUT2D eigenvalue weighted by Gasteiger charge is 2.22. The van der Waals surface area contributed by atoms with Crippen LogP contribution in [-0.2, 0) is 0 Å². The molecule has 2 aromatic rings. The number of halogens is 1. The summed E-state index contributed by atoms with van der Waals surface area (Å²) in [7, 11) is 3.27. The zero-order chi connectivity index (χ0) is 19.8. The number of ether oxygens (including phenoxy) is 2. The molecule has 0 bridgehead atoms.